The average Bonchev–Trinajstić information content (AvgIpc) is 3.01. The van der Waals surface area contributed by atoms with Crippen molar-refractivity contribution < 1.29 is 9.18 Å². The van der Waals surface area contributed by atoms with E-state index in [1.54, 1.807) is 12.1 Å². The van der Waals surface area contributed by atoms with E-state index in [0.29, 0.717) is 16.6 Å². The lowest BCUT2D eigenvalue weighted by molar-refractivity contribution is -0.129. The number of aromatic nitrogens is 2. The molecule has 2 heterocycles. The third kappa shape index (κ3) is 4.65. The number of piperazine rings is 1. The predicted octanol–water partition coefficient (Wildman–Crippen LogP) is 2.29. The summed E-state index contributed by atoms with van der Waals surface area (Å²) in [6.45, 7) is 3.38. The molecule has 1 amide bonds. The van der Waals surface area contributed by atoms with E-state index in [2.05, 4.69) is 27.5 Å². The first kappa shape index (κ1) is 17.1. The molecule has 1 fully saturated rings. The first-order chi connectivity index (χ1) is 11.6. The summed E-state index contributed by atoms with van der Waals surface area (Å²) in [6.07, 6.45) is 0. The van der Waals surface area contributed by atoms with Crippen LogP contribution < -0.4 is 5.32 Å². The molecule has 1 aromatic heterocycles. The smallest absolute Gasteiger partial charge is 0.233 e. The van der Waals surface area contributed by atoms with Crippen LogP contribution in [0.1, 0.15) is 0 Å². The number of hydrogen-bond acceptors (Lipinski definition) is 7. The van der Waals surface area contributed by atoms with Gasteiger partial charge in [-0.25, -0.2) is 4.39 Å². The van der Waals surface area contributed by atoms with Crippen molar-refractivity contribution in [3.8, 4) is 0 Å². The molecule has 1 aliphatic rings. The number of hydrogen-bond donors (Lipinski definition) is 1. The highest BCUT2D eigenvalue weighted by Gasteiger charge is 2.19. The zero-order valence-corrected chi connectivity index (χ0v) is 14.9. The van der Waals surface area contributed by atoms with Gasteiger partial charge >= 0.3 is 0 Å². The normalized spacial score (nSPS) is 15.5. The van der Waals surface area contributed by atoms with Crippen LogP contribution >= 0.6 is 23.1 Å². The Hall–Kier alpha value is -1.71. The van der Waals surface area contributed by atoms with Crippen LogP contribution in [-0.2, 0) is 4.79 Å². The second kappa shape index (κ2) is 7.91. The van der Waals surface area contributed by atoms with Crippen LogP contribution in [0.25, 0.3) is 0 Å². The summed E-state index contributed by atoms with van der Waals surface area (Å²) >= 11 is 2.73. The number of carbonyl (C=O) groups excluding carboxylic acids is 1. The van der Waals surface area contributed by atoms with Gasteiger partial charge in [-0.3, -0.25) is 4.79 Å². The van der Waals surface area contributed by atoms with Gasteiger partial charge in [0.2, 0.25) is 11.0 Å². The van der Waals surface area contributed by atoms with Crippen LogP contribution in [0.5, 0.6) is 0 Å². The Morgan fingerprint density at radius 2 is 2.12 bits per heavy atom. The van der Waals surface area contributed by atoms with Gasteiger partial charge < -0.3 is 15.1 Å². The maximum atomic E-state index is 13.2. The van der Waals surface area contributed by atoms with Crippen LogP contribution in [0.2, 0.25) is 0 Å². The van der Waals surface area contributed by atoms with Crippen LogP contribution in [0.4, 0.5) is 15.2 Å². The highest BCUT2D eigenvalue weighted by atomic mass is 32.2. The molecule has 1 aliphatic heterocycles. The lowest BCUT2D eigenvalue weighted by Crippen LogP contribution is -2.47. The summed E-state index contributed by atoms with van der Waals surface area (Å²) in [5.74, 6) is 0.179. The van der Waals surface area contributed by atoms with Crippen molar-refractivity contribution in [2.75, 3.05) is 44.3 Å². The number of likely N-dealkylation sites (N-methyl/N-ethyl adjacent to an activating group) is 1. The zero-order valence-electron chi connectivity index (χ0n) is 13.2. The molecule has 24 heavy (non-hydrogen) atoms. The van der Waals surface area contributed by atoms with Gasteiger partial charge in [0.15, 0.2) is 4.34 Å². The molecule has 6 nitrogen and oxygen atoms in total. The summed E-state index contributed by atoms with van der Waals surface area (Å²) in [5.41, 5.74) is 0.621. The summed E-state index contributed by atoms with van der Waals surface area (Å²) in [6, 6.07) is 6.17. The van der Waals surface area contributed by atoms with Crippen LogP contribution in [0, 0.1) is 5.82 Å². The summed E-state index contributed by atoms with van der Waals surface area (Å²) in [5, 5.41) is 11.7. The molecule has 1 N–H and O–H groups in total. The molecule has 1 aromatic carbocycles. The number of anilines is 2. The Bertz CT molecular complexity index is 703. The van der Waals surface area contributed by atoms with Crippen LogP contribution in [0.3, 0.4) is 0 Å². The average molecular weight is 367 g/mol. The summed E-state index contributed by atoms with van der Waals surface area (Å²) in [7, 11) is 2.06. The Morgan fingerprint density at radius 1 is 1.33 bits per heavy atom. The van der Waals surface area contributed by atoms with E-state index in [9.17, 15) is 9.18 Å². The van der Waals surface area contributed by atoms with Crippen molar-refractivity contribution in [2.24, 2.45) is 0 Å². The Kier molecular flexibility index (Phi) is 5.64. The van der Waals surface area contributed by atoms with Crippen molar-refractivity contribution in [3.05, 3.63) is 30.1 Å². The lowest BCUT2D eigenvalue weighted by atomic mass is 10.3. The molecular formula is C15H18FN5OS2. The molecule has 0 unspecified atom stereocenters. The Balaban J connectivity index is 1.50. The Labute approximate surface area is 148 Å². The van der Waals surface area contributed by atoms with Crippen molar-refractivity contribution in [1.82, 2.24) is 20.0 Å². The summed E-state index contributed by atoms with van der Waals surface area (Å²) in [4.78, 5) is 16.3. The van der Waals surface area contributed by atoms with E-state index in [-0.39, 0.29) is 11.7 Å². The first-order valence-electron chi connectivity index (χ1n) is 7.55. The number of benzene rings is 1. The minimum absolute atomic E-state index is 0.128. The van der Waals surface area contributed by atoms with Gasteiger partial charge in [-0.15, -0.1) is 10.2 Å². The van der Waals surface area contributed by atoms with Crippen molar-refractivity contribution in [1.29, 1.82) is 0 Å². The van der Waals surface area contributed by atoms with Gasteiger partial charge in [-0.2, -0.15) is 0 Å². The molecule has 1 saturated heterocycles. The van der Waals surface area contributed by atoms with Crippen molar-refractivity contribution in [2.45, 2.75) is 4.34 Å². The van der Waals surface area contributed by atoms with Crippen LogP contribution in [-0.4, -0.2) is 64.9 Å². The maximum absolute atomic E-state index is 13.2. The van der Waals surface area contributed by atoms with Gasteiger partial charge in [-0.05, 0) is 25.2 Å². The third-order valence-electron chi connectivity index (χ3n) is 3.66. The van der Waals surface area contributed by atoms with Gasteiger partial charge in [0.05, 0.1) is 5.75 Å². The largest absolute Gasteiger partial charge is 0.339 e. The molecule has 0 aliphatic carbocycles. The number of thioether (sulfide) groups is 1. The molecule has 0 radical (unpaired) electrons. The summed E-state index contributed by atoms with van der Waals surface area (Å²) < 4.78 is 13.9. The number of rotatable bonds is 5. The number of nitrogens with zero attached hydrogens (tertiary/aromatic N) is 4. The van der Waals surface area contributed by atoms with E-state index in [0.717, 1.165) is 30.5 Å². The quantitative estimate of drug-likeness (QED) is 0.818. The molecule has 3 rings (SSSR count). The van der Waals surface area contributed by atoms with E-state index in [1.165, 1.54) is 35.2 Å². The molecule has 0 saturated carbocycles. The van der Waals surface area contributed by atoms with Gasteiger partial charge in [-0.1, -0.05) is 29.2 Å². The maximum Gasteiger partial charge on any atom is 0.233 e. The molecule has 2 aromatic rings. The second-order valence-electron chi connectivity index (χ2n) is 5.48. The number of carbonyl (C=O) groups is 1. The fourth-order valence-electron chi connectivity index (χ4n) is 2.28. The zero-order chi connectivity index (χ0) is 16.9. The van der Waals surface area contributed by atoms with E-state index in [4.69, 9.17) is 0 Å². The first-order valence-corrected chi connectivity index (χ1v) is 9.35. The fraction of sp³-hybridized carbons (Fsp3) is 0.400. The second-order valence-corrected chi connectivity index (χ2v) is 7.68. The number of amides is 1. The standard InChI is InChI=1S/C15H18FN5OS2/c1-20-5-7-21(8-6-20)13(22)10-23-15-19-18-14(24-15)17-12-4-2-3-11(16)9-12/h2-4,9H,5-8,10H2,1H3,(H,17,18). The van der Waals surface area contributed by atoms with E-state index >= 15 is 0 Å². The van der Waals surface area contributed by atoms with E-state index in [1.807, 2.05) is 4.90 Å². The molecule has 0 spiro atoms. The molecular weight excluding hydrogens is 349 g/mol. The lowest BCUT2D eigenvalue weighted by Gasteiger charge is -2.32. The van der Waals surface area contributed by atoms with Crippen molar-refractivity contribution >= 4 is 39.8 Å². The molecule has 0 atom stereocenters. The highest BCUT2D eigenvalue weighted by molar-refractivity contribution is 8.01. The molecule has 0 bridgehead atoms. The third-order valence-corrected chi connectivity index (χ3v) is 5.61. The number of halogens is 1. The predicted molar refractivity (Wildman–Crippen MR) is 94.4 cm³/mol. The molecule has 128 valence electrons. The fourth-order valence-corrected chi connectivity index (χ4v) is 3.95. The number of nitrogens with one attached hydrogen (secondary N) is 1. The monoisotopic (exact) mass is 367 g/mol. The molecule has 9 heteroatoms. The van der Waals surface area contributed by atoms with E-state index < -0.39 is 0 Å². The SMILES string of the molecule is CN1CCN(C(=O)CSc2nnc(Nc3cccc(F)c3)s2)CC1. The van der Waals surface area contributed by atoms with Crippen LogP contribution in [0.15, 0.2) is 28.6 Å². The highest BCUT2D eigenvalue weighted by Crippen LogP contribution is 2.28. The topological polar surface area (TPSA) is 61.4 Å². The van der Waals surface area contributed by atoms with Gasteiger partial charge in [0.25, 0.3) is 0 Å². The minimum Gasteiger partial charge on any atom is -0.339 e. The van der Waals surface area contributed by atoms with Gasteiger partial charge in [0, 0.05) is 31.9 Å². The van der Waals surface area contributed by atoms with Gasteiger partial charge in [0.1, 0.15) is 5.82 Å². The Morgan fingerprint density at radius 3 is 2.88 bits per heavy atom. The minimum atomic E-state index is -0.308. The van der Waals surface area contributed by atoms with Crippen molar-refractivity contribution in [3.63, 3.8) is 0 Å².